The van der Waals surface area contributed by atoms with E-state index in [1.807, 2.05) is 54.6 Å². The van der Waals surface area contributed by atoms with Gasteiger partial charge in [-0.25, -0.2) is 0 Å². The molecule has 0 spiro atoms. The van der Waals surface area contributed by atoms with Crippen LogP contribution in [-0.4, -0.2) is 44.5 Å². The van der Waals surface area contributed by atoms with Crippen LogP contribution < -0.4 is 11.1 Å². The molecule has 0 fully saturated rings. The zero-order valence-electron chi connectivity index (χ0n) is 21.3. The van der Waals surface area contributed by atoms with Gasteiger partial charge in [-0.1, -0.05) is 91.0 Å². The highest BCUT2D eigenvalue weighted by atomic mass is 28.3. The summed E-state index contributed by atoms with van der Waals surface area (Å²) >= 11 is 0. The van der Waals surface area contributed by atoms with Gasteiger partial charge in [-0.3, -0.25) is 14.4 Å². The molecule has 9 heteroatoms. The van der Waals surface area contributed by atoms with Gasteiger partial charge in [0.2, 0.25) is 0 Å². The highest BCUT2D eigenvalue weighted by Gasteiger charge is 2.62. The van der Waals surface area contributed by atoms with Crippen molar-refractivity contribution >= 4 is 24.9 Å². The van der Waals surface area contributed by atoms with E-state index in [9.17, 15) is 14.4 Å². The molecule has 0 aliphatic carbocycles. The summed E-state index contributed by atoms with van der Waals surface area (Å²) in [6.07, 6.45) is 0.369. The number of ether oxygens (including phenoxy) is 3. The third kappa shape index (κ3) is 8.37. The van der Waals surface area contributed by atoms with E-state index in [0.717, 1.165) is 16.7 Å². The fourth-order valence-electron chi connectivity index (χ4n) is 3.80. The number of nitrogens with two attached hydrogens (primary N) is 1. The Kier molecular flexibility index (Phi) is 11.7. The molecule has 0 aromatic heterocycles. The first-order valence-corrected chi connectivity index (χ1v) is 14.8. The van der Waals surface area contributed by atoms with Gasteiger partial charge in [-0.05, 0) is 35.7 Å². The maximum atomic E-state index is 13.7. The lowest BCUT2D eigenvalue weighted by molar-refractivity contribution is 0.144. The molecule has 0 bridgehead atoms. The molecule has 3 aromatic rings. The van der Waals surface area contributed by atoms with Crippen molar-refractivity contribution in [3.63, 3.8) is 0 Å². The second kappa shape index (κ2) is 15.5. The van der Waals surface area contributed by atoms with Crippen LogP contribution >= 0.6 is 0 Å². The molecule has 0 atom stereocenters. The van der Waals surface area contributed by atoms with E-state index in [4.69, 9.17) is 19.9 Å². The Morgan fingerprint density at radius 3 is 1.32 bits per heavy atom. The molecule has 0 aliphatic rings. The zero-order valence-corrected chi connectivity index (χ0v) is 22.3. The number of hydrogen-bond donors (Lipinski definition) is 2. The third-order valence-corrected chi connectivity index (χ3v) is 9.54. The minimum Gasteiger partial charge on any atom is -0.464 e. The Morgan fingerprint density at radius 2 is 0.974 bits per heavy atom. The highest BCUT2D eigenvalue weighted by molar-refractivity contribution is 7.38. The van der Waals surface area contributed by atoms with Crippen molar-refractivity contribution in [3.8, 4) is 0 Å². The predicted molar refractivity (Wildman–Crippen MR) is 147 cm³/mol. The van der Waals surface area contributed by atoms with E-state index in [2.05, 4.69) is 5.32 Å². The second-order valence-electron chi connectivity index (χ2n) is 8.73. The van der Waals surface area contributed by atoms with Crippen LogP contribution in [0.25, 0.3) is 0 Å². The van der Waals surface area contributed by atoms with E-state index >= 15 is 0 Å². The van der Waals surface area contributed by atoms with Gasteiger partial charge in [0.05, 0.1) is 0 Å². The number of benzene rings is 3. The van der Waals surface area contributed by atoms with Crippen LogP contribution in [0.4, 0.5) is 14.4 Å². The van der Waals surface area contributed by atoms with Crippen LogP contribution in [0.1, 0.15) is 23.1 Å². The van der Waals surface area contributed by atoms with Crippen molar-refractivity contribution in [2.75, 3.05) is 19.6 Å². The van der Waals surface area contributed by atoms with E-state index in [0.29, 0.717) is 26.1 Å². The van der Waals surface area contributed by atoms with Crippen LogP contribution in [0.5, 0.6) is 0 Å². The maximum absolute atomic E-state index is 13.7. The number of rotatable bonds is 15. The normalized spacial score (nSPS) is 11.0. The molecule has 0 saturated heterocycles. The highest BCUT2D eigenvalue weighted by Crippen LogP contribution is 2.24. The Labute approximate surface area is 224 Å². The van der Waals surface area contributed by atoms with Gasteiger partial charge in [0, 0.05) is 13.1 Å². The smallest absolute Gasteiger partial charge is 0.431 e. The van der Waals surface area contributed by atoms with Crippen molar-refractivity contribution < 1.29 is 28.6 Å². The summed E-state index contributed by atoms with van der Waals surface area (Å²) in [5.74, 6) is 0. The number of carbonyl (C=O) groups is 3. The molecule has 38 heavy (non-hydrogen) atoms. The first-order valence-electron chi connectivity index (χ1n) is 12.6. The third-order valence-electron chi connectivity index (χ3n) is 5.91. The molecule has 0 saturated carbocycles. The number of nitrogens with one attached hydrogen (secondary N) is 1. The first kappa shape index (κ1) is 28.8. The van der Waals surface area contributed by atoms with Crippen molar-refractivity contribution in [1.82, 2.24) is 5.32 Å². The molecule has 0 amide bonds. The van der Waals surface area contributed by atoms with Gasteiger partial charge in [0.1, 0.15) is 19.8 Å². The Hall–Kier alpha value is -3.79. The number of hydrogen-bond acceptors (Lipinski definition) is 8. The summed E-state index contributed by atoms with van der Waals surface area (Å²) in [6, 6.07) is 27.2. The summed E-state index contributed by atoms with van der Waals surface area (Å²) in [6.45, 7) is 1.27. The van der Waals surface area contributed by atoms with Crippen molar-refractivity contribution in [1.29, 1.82) is 0 Å². The lowest BCUT2D eigenvalue weighted by atomic mass is 10.2. The van der Waals surface area contributed by atoms with Gasteiger partial charge in [-0.15, -0.1) is 0 Å². The average molecular weight is 535 g/mol. The van der Waals surface area contributed by atoms with E-state index < -0.39 is 24.9 Å². The molecule has 3 aromatic carbocycles. The lowest BCUT2D eigenvalue weighted by Gasteiger charge is -2.25. The van der Waals surface area contributed by atoms with Gasteiger partial charge >= 0.3 is 8.07 Å². The van der Waals surface area contributed by atoms with E-state index in [-0.39, 0.29) is 25.9 Å². The molecule has 0 aliphatic heterocycles. The first-order chi connectivity index (χ1) is 18.6. The van der Waals surface area contributed by atoms with E-state index in [1.54, 1.807) is 36.4 Å². The van der Waals surface area contributed by atoms with Crippen LogP contribution in [-0.2, 0) is 34.0 Å². The molecular weight excluding hydrogens is 500 g/mol. The lowest BCUT2D eigenvalue weighted by Crippen LogP contribution is -2.60. The standard InChI is InChI=1S/C29H34N2O6Si/c30-17-19-31-18-10-20-38(27(32)35-21-24-11-4-1-5-12-24,28(33)36-22-25-13-6-2-7-14-25)29(34)37-23-26-15-8-3-9-16-26/h1-9,11-16,31H,10,17-23,30H2. The SMILES string of the molecule is NCCNCCC[Si](C(=O)OCc1ccccc1)(C(=O)OCc1ccccc1)C(=O)OCc1ccccc1. The fraction of sp³-hybridized carbons (Fsp3) is 0.276. The minimum absolute atomic E-state index is 0.0144. The Morgan fingerprint density at radius 1 is 0.605 bits per heavy atom. The maximum Gasteiger partial charge on any atom is 0.431 e. The molecule has 0 unspecified atom stereocenters. The van der Waals surface area contributed by atoms with Gasteiger partial charge < -0.3 is 25.3 Å². The summed E-state index contributed by atoms with van der Waals surface area (Å²) in [5.41, 5.74) is 5.17. The molecule has 3 rings (SSSR count). The van der Waals surface area contributed by atoms with Crippen LogP contribution in [0, 0.1) is 0 Å². The molecule has 0 heterocycles. The second-order valence-corrected chi connectivity index (χ2v) is 12.3. The molecule has 200 valence electrons. The van der Waals surface area contributed by atoms with Crippen molar-refractivity contribution in [3.05, 3.63) is 108 Å². The van der Waals surface area contributed by atoms with Crippen molar-refractivity contribution in [2.45, 2.75) is 32.3 Å². The predicted octanol–water partition coefficient (Wildman–Crippen LogP) is 5.13. The number of carbonyl (C=O) groups excluding carboxylic acids is 3. The summed E-state index contributed by atoms with van der Waals surface area (Å²) in [7, 11) is -4.28. The van der Waals surface area contributed by atoms with Gasteiger partial charge in [0.25, 0.3) is 16.8 Å². The quantitative estimate of drug-likeness (QED) is 0.157. The zero-order chi connectivity index (χ0) is 27.1. The van der Waals surface area contributed by atoms with Crippen LogP contribution in [0.2, 0.25) is 6.04 Å². The molecule has 8 nitrogen and oxygen atoms in total. The molecular formula is C29H34N2O6Si. The van der Waals surface area contributed by atoms with Crippen LogP contribution in [0.3, 0.4) is 0 Å². The average Bonchev–Trinajstić information content (AvgIpc) is 2.97. The van der Waals surface area contributed by atoms with Gasteiger partial charge in [-0.2, -0.15) is 0 Å². The van der Waals surface area contributed by atoms with Crippen molar-refractivity contribution in [2.24, 2.45) is 5.73 Å². The van der Waals surface area contributed by atoms with Gasteiger partial charge in [0.15, 0.2) is 0 Å². The monoisotopic (exact) mass is 534 g/mol. The Balaban J connectivity index is 1.86. The Bertz CT molecular complexity index is 1010. The van der Waals surface area contributed by atoms with E-state index in [1.165, 1.54) is 0 Å². The summed E-state index contributed by atoms with van der Waals surface area (Å²) in [4.78, 5) is 41.0. The largest absolute Gasteiger partial charge is 0.464 e. The van der Waals surface area contributed by atoms with Crippen LogP contribution in [0.15, 0.2) is 91.0 Å². The summed E-state index contributed by atoms with van der Waals surface area (Å²) in [5, 5.41) is 3.14. The minimum atomic E-state index is -4.28. The summed E-state index contributed by atoms with van der Waals surface area (Å²) < 4.78 is 16.8. The molecule has 3 N–H and O–H groups in total. The molecule has 0 radical (unpaired) electrons. The topological polar surface area (TPSA) is 117 Å². The fourth-order valence-corrected chi connectivity index (χ4v) is 6.58.